The number of halogens is 4. The summed E-state index contributed by atoms with van der Waals surface area (Å²) in [5, 5.41) is 8.82. The van der Waals surface area contributed by atoms with Crippen LogP contribution in [0.25, 0.3) is 16.7 Å². The van der Waals surface area contributed by atoms with Crippen LogP contribution in [0, 0.1) is 18.2 Å². The van der Waals surface area contributed by atoms with Crippen LogP contribution in [0.5, 0.6) is 0 Å². The molecular formula is C24H23F4N5. The molecule has 2 aromatic heterocycles. The number of anilines is 2. The Balaban J connectivity index is 0.000000243. The lowest BCUT2D eigenvalue weighted by Gasteiger charge is -2.32. The monoisotopic (exact) mass is 457 g/mol. The van der Waals surface area contributed by atoms with Crippen molar-refractivity contribution in [1.82, 2.24) is 19.6 Å². The van der Waals surface area contributed by atoms with E-state index in [0.717, 1.165) is 41.8 Å². The van der Waals surface area contributed by atoms with Crippen LogP contribution >= 0.6 is 0 Å². The Kier molecular flexibility index (Phi) is 5.02. The van der Waals surface area contributed by atoms with Crippen LogP contribution in [0.2, 0.25) is 0 Å². The molecule has 1 fully saturated rings. The number of aromatic nitrogens is 4. The van der Waals surface area contributed by atoms with Crippen LogP contribution in [0.3, 0.4) is 0 Å². The van der Waals surface area contributed by atoms with Gasteiger partial charge in [-0.25, -0.2) is 4.39 Å². The molecule has 0 spiro atoms. The zero-order valence-electron chi connectivity index (χ0n) is 18.3. The highest BCUT2D eigenvalue weighted by Gasteiger charge is 2.59. The SMILES string of the molecule is CC1(C(F)(F)F)CC1.Cc1cccc2c1CCCN2c1nc2nncn2c2ccc(F)cc12. The topological polar surface area (TPSA) is 46.3 Å². The van der Waals surface area contributed by atoms with Crippen LogP contribution in [0.4, 0.5) is 29.1 Å². The van der Waals surface area contributed by atoms with Crippen molar-refractivity contribution in [3.05, 3.63) is 59.7 Å². The lowest BCUT2D eigenvalue weighted by atomic mass is 9.97. The number of nitrogens with zero attached hydrogens (tertiary/aromatic N) is 5. The van der Waals surface area contributed by atoms with E-state index >= 15 is 0 Å². The van der Waals surface area contributed by atoms with E-state index in [4.69, 9.17) is 4.98 Å². The zero-order valence-corrected chi connectivity index (χ0v) is 18.3. The van der Waals surface area contributed by atoms with E-state index in [9.17, 15) is 17.6 Å². The van der Waals surface area contributed by atoms with Gasteiger partial charge >= 0.3 is 6.18 Å². The molecule has 33 heavy (non-hydrogen) atoms. The second-order valence-electron chi connectivity index (χ2n) is 8.98. The first-order valence-electron chi connectivity index (χ1n) is 10.9. The molecule has 1 saturated carbocycles. The summed E-state index contributed by atoms with van der Waals surface area (Å²) in [4.78, 5) is 6.89. The Morgan fingerprint density at radius 3 is 2.58 bits per heavy atom. The minimum Gasteiger partial charge on any atom is -0.325 e. The van der Waals surface area contributed by atoms with Crippen molar-refractivity contribution < 1.29 is 17.6 Å². The normalized spacial score (nSPS) is 17.0. The Morgan fingerprint density at radius 1 is 1.09 bits per heavy atom. The molecule has 5 nitrogen and oxygen atoms in total. The molecule has 6 rings (SSSR count). The minimum atomic E-state index is -3.95. The molecule has 1 aliphatic carbocycles. The largest absolute Gasteiger partial charge is 0.394 e. The van der Waals surface area contributed by atoms with E-state index in [0.29, 0.717) is 18.6 Å². The summed E-state index contributed by atoms with van der Waals surface area (Å²) < 4.78 is 50.6. The lowest BCUT2D eigenvalue weighted by molar-refractivity contribution is -0.181. The molecule has 0 saturated heterocycles. The van der Waals surface area contributed by atoms with Crippen LogP contribution < -0.4 is 4.90 Å². The Labute approximate surface area is 188 Å². The summed E-state index contributed by atoms with van der Waals surface area (Å²) in [6.45, 7) is 4.24. The first kappa shape index (κ1) is 21.6. The summed E-state index contributed by atoms with van der Waals surface area (Å²) >= 11 is 0. The van der Waals surface area contributed by atoms with Crippen molar-refractivity contribution in [2.24, 2.45) is 5.41 Å². The average molecular weight is 457 g/mol. The number of alkyl halides is 3. The van der Waals surface area contributed by atoms with Gasteiger partial charge in [-0.3, -0.25) is 4.40 Å². The molecule has 0 atom stereocenters. The maximum absolute atomic E-state index is 14.0. The number of hydrogen-bond donors (Lipinski definition) is 0. The number of aryl methyl sites for hydroxylation is 1. The van der Waals surface area contributed by atoms with Crippen LogP contribution in [0.1, 0.15) is 37.3 Å². The molecule has 3 heterocycles. The van der Waals surface area contributed by atoms with Crippen LogP contribution in [0.15, 0.2) is 42.7 Å². The van der Waals surface area contributed by atoms with Gasteiger partial charge in [-0.15, -0.1) is 10.2 Å². The van der Waals surface area contributed by atoms with E-state index in [1.165, 1.54) is 24.1 Å². The van der Waals surface area contributed by atoms with Gasteiger partial charge in [0.05, 0.1) is 10.9 Å². The fourth-order valence-corrected chi connectivity index (χ4v) is 4.22. The summed E-state index contributed by atoms with van der Waals surface area (Å²) in [5.41, 5.74) is 3.30. The Bertz CT molecular complexity index is 1340. The van der Waals surface area contributed by atoms with E-state index < -0.39 is 11.6 Å². The zero-order chi connectivity index (χ0) is 23.4. The summed E-state index contributed by atoms with van der Waals surface area (Å²) in [7, 11) is 0. The van der Waals surface area contributed by atoms with Gasteiger partial charge in [0.2, 0.25) is 0 Å². The van der Waals surface area contributed by atoms with Gasteiger partial charge in [-0.1, -0.05) is 19.1 Å². The van der Waals surface area contributed by atoms with E-state index in [1.807, 2.05) is 0 Å². The summed E-state index contributed by atoms with van der Waals surface area (Å²) in [6, 6.07) is 11.1. The predicted molar refractivity (Wildman–Crippen MR) is 118 cm³/mol. The first-order valence-corrected chi connectivity index (χ1v) is 10.9. The van der Waals surface area contributed by atoms with Crippen molar-refractivity contribution in [3.63, 3.8) is 0 Å². The highest BCUT2D eigenvalue weighted by molar-refractivity contribution is 5.94. The predicted octanol–water partition coefficient (Wildman–Crippen LogP) is 6.16. The molecule has 4 aromatic rings. The number of rotatable bonds is 1. The van der Waals surface area contributed by atoms with Gasteiger partial charge in [0, 0.05) is 17.6 Å². The van der Waals surface area contributed by atoms with Gasteiger partial charge in [-0.2, -0.15) is 18.2 Å². The smallest absolute Gasteiger partial charge is 0.325 e. The minimum absolute atomic E-state index is 0.274. The van der Waals surface area contributed by atoms with Crippen molar-refractivity contribution >= 4 is 28.2 Å². The molecule has 2 aliphatic rings. The van der Waals surface area contributed by atoms with E-state index in [2.05, 4.69) is 40.2 Å². The van der Waals surface area contributed by atoms with Gasteiger partial charge in [0.15, 0.2) is 0 Å². The molecule has 0 bridgehead atoms. The highest BCUT2D eigenvalue weighted by atomic mass is 19.4. The van der Waals surface area contributed by atoms with Gasteiger partial charge in [0.25, 0.3) is 5.78 Å². The van der Waals surface area contributed by atoms with Crippen LogP contribution in [-0.2, 0) is 6.42 Å². The third-order valence-electron chi connectivity index (χ3n) is 6.62. The maximum Gasteiger partial charge on any atom is 0.394 e. The molecular weight excluding hydrogens is 434 g/mol. The quantitative estimate of drug-likeness (QED) is 0.321. The van der Waals surface area contributed by atoms with Gasteiger partial charge in [-0.05, 0) is 68.0 Å². The van der Waals surface area contributed by atoms with Crippen molar-refractivity contribution in [3.8, 4) is 0 Å². The Hall–Kier alpha value is -3.23. The number of benzene rings is 2. The fourth-order valence-electron chi connectivity index (χ4n) is 4.22. The molecule has 0 N–H and O–H groups in total. The molecule has 2 aromatic carbocycles. The Morgan fingerprint density at radius 2 is 1.88 bits per heavy atom. The number of fused-ring (bicyclic) bond motifs is 4. The number of hydrogen-bond acceptors (Lipinski definition) is 4. The third kappa shape index (κ3) is 3.79. The standard InChI is InChI=1S/C19H16FN5.C5H7F3/c1-12-4-2-6-16-14(12)5-3-9-24(16)18-15-10-13(20)7-8-17(15)25-11-21-23-19(25)22-18;1-4(2-3-4)5(6,7)8/h2,4,6-8,10-11H,3,5,9H2,1H3;2-3H2,1H3. The lowest BCUT2D eigenvalue weighted by Crippen LogP contribution is -2.26. The highest BCUT2D eigenvalue weighted by Crippen LogP contribution is 2.56. The van der Waals surface area contributed by atoms with Crippen molar-refractivity contribution in [1.29, 1.82) is 0 Å². The molecule has 1 aliphatic heterocycles. The van der Waals surface area contributed by atoms with Crippen molar-refractivity contribution in [2.45, 2.75) is 45.7 Å². The molecule has 0 unspecified atom stereocenters. The molecule has 0 radical (unpaired) electrons. The second-order valence-corrected chi connectivity index (χ2v) is 8.98. The van der Waals surface area contributed by atoms with Crippen LogP contribution in [-0.4, -0.2) is 32.3 Å². The summed E-state index contributed by atoms with van der Waals surface area (Å²) in [5.74, 6) is 0.986. The van der Waals surface area contributed by atoms with Crippen molar-refractivity contribution in [2.75, 3.05) is 11.4 Å². The first-order chi connectivity index (χ1) is 15.7. The molecule has 0 amide bonds. The fraction of sp³-hybridized carbons (Fsp3) is 0.375. The summed E-state index contributed by atoms with van der Waals surface area (Å²) in [6.07, 6.45) is 0.382. The van der Waals surface area contributed by atoms with Gasteiger partial charge < -0.3 is 4.90 Å². The second kappa shape index (κ2) is 7.67. The van der Waals surface area contributed by atoms with E-state index in [1.54, 1.807) is 22.9 Å². The van der Waals surface area contributed by atoms with Gasteiger partial charge in [0.1, 0.15) is 18.0 Å². The van der Waals surface area contributed by atoms with E-state index in [-0.39, 0.29) is 5.82 Å². The maximum atomic E-state index is 14.0. The average Bonchev–Trinajstić information content (AvgIpc) is 3.37. The third-order valence-corrected chi connectivity index (χ3v) is 6.62. The molecule has 9 heteroatoms. The molecule has 172 valence electrons.